The summed E-state index contributed by atoms with van der Waals surface area (Å²) in [7, 11) is 3.43. The molecule has 0 aromatic heterocycles. The molecule has 2 atom stereocenters. The van der Waals surface area contributed by atoms with Gasteiger partial charge in [0, 0.05) is 27.1 Å². The van der Waals surface area contributed by atoms with Crippen LogP contribution >= 0.6 is 7.82 Å². The fourth-order valence-corrected chi connectivity index (χ4v) is 5.50. The summed E-state index contributed by atoms with van der Waals surface area (Å²) < 4.78 is 29.3. The van der Waals surface area contributed by atoms with Gasteiger partial charge in [-0.1, -0.05) is 103 Å². The van der Waals surface area contributed by atoms with Crippen molar-refractivity contribution in [3.8, 4) is 0 Å². The highest BCUT2D eigenvalue weighted by Crippen LogP contribution is 2.40. The molecule has 0 aliphatic rings. The lowest BCUT2D eigenvalue weighted by Crippen LogP contribution is -2.37. The maximum Gasteiger partial charge on any atom is 0.268 e. The normalized spacial score (nSPS) is 14.3. The number of phosphoric ester groups is 1. The van der Waals surface area contributed by atoms with Crippen LogP contribution in [0.2, 0.25) is 0 Å². The second-order valence-electron chi connectivity index (χ2n) is 12.5. The van der Waals surface area contributed by atoms with Crippen molar-refractivity contribution in [3.05, 3.63) is 0 Å². The first-order chi connectivity index (χ1) is 19.0. The first-order valence-electron chi connectivity index (χ1n) is 16.2. The zero-order valence-electron chi connectivity index (χ0n) is 27.1. The predicted molar refractivity (Wildman–Crippen MR) is 164 cm³/mol. The van der Waals surface area contributed by atoms with Crippen molar-refractivity contribution in [1.29, 1.82) is 0 Å². The summed E-state index contributed by atoms with van der Waals surface area (Å²) in [5.41, 5.74) is 0. The van der Waals surface area contributed by atoms with Gasteiger partial charge in [-0.25, -0.2) is 0 Å². The number of likely N-dealkylation sites (N-methyl/N-ethyl adjacent to an activating group) is 1. The summed E-state index contributed by atoms with van der Waals surface area (Å²) in [6.45, 7) is 5.53. The van der Waals surface area contributed by atoms with Crippen molar-refractivity contribution in [2.45, 2.75) is 136 Å². The third kappa shape index (κ3) is 27.7. The zero-order chi connectivity index (χ0) is 30.1. The topological polar surface area (TPSA) is 88.1 Å². The lowest BCUT2D eigenvalue weighted by molar-refractivity contribution is -0.870. The van der Waals surface area contributed by atoms with E-state index in [2.05, 4.69) is 28.1 Å². The highest BCUT2D eigenvalue weighted by atomic mass is 31.2. The Morgan fingerprint density at radius 2 is 1.23 bits per heavy atom. The number of amides is 1. The number of quaternary nitrogens is 1. The fraction of sp³-hybridized carbons (Fsp3) is 0.968. The summed E-state index contributed by atoms with van der Waals surface area (Å²) >= 11 is 0. The number of carbonyl (C=O) groups excluding carboxylic acids is 1. The number of nitrogens with zero attached hydrogens (tertiary/aromatic N) is 2. The summed E-state index contributed by atoms with van der Waals surface area (Å²) in [6.07, 6.45) is 21.8. The van der Waals surface area contributed by atoms with E-state index in [9.17, 15) is 14.3 Å². The molecule has 9 heteroatoms. The van der Waals surface area contributed by atoms with Crippen LogP contribution in [0.1, 0.15) is 129 Å². The summed E-state index contributed by atoms with van der Waals surface area (Å²) in [5, 5.41) is 0. The van der Waals surface area contributed by atoms with Crippen LogP contribution in [-0.2, 0) is 23.1 Å². The Morgan fingerprint density at radius 3 is 1.68 bits per heavy atom. The van der Waals surface area contributed by atoms with E-state index in [1.165, 1.54) is 102 Å². The molecule has 0 bridgehead atoms. The van der Waals surface area contributed by atoms with Crippen molar-refractivity contribution in [1.82, 2.24) is 4.90 Å². The molecule has 0 radical (unpaired) electrons. The standard InChI is InChI=1S/C31H65N2O6P/c1-7-8-9-10-11-12-13-14-15-16-17-18-19-20-21-23-26-37-29-31(28-32(3)30(2)34)39-40(35,36)38-27-24-22-25-33(4,5)6/h31H,7-29H2,1-6H3. The number of ether oxygens (including phenoxy) is 1. The smallest absolute Gasteiger partial charge is 0.268 e. The summed E-state index contributed by atoms with van der Waals surface area (Å²) in [4.78, 5) is 25.5. The predicted octanol–water partition coefficient (Wildman–Crippen LogP) is 7.10. The van der Waals surface area contributed by atoms with Gasteiger partial charge in [-0.15, -0.1) is 0 Å². The number of hydrogen-bond acceptors (Lipinski definition) is 6. The molecule has 0 N–H and O–H groups in total. The van der Waals surface area contributed by atoms with Gasteiger partial charge >= 0.3 is 0 Å². The Bertz CT molecular complexity index is 644. The minimum atomic E-state index is -4.48. The van der Waals surface area contributed by atoms with Gasteiger partial charge in [0.2, 0.25) is 5.91 Å². The zero-order valence-corrected chi connectivity index (χ0v) is 28.0. The van der Waals surface area contributed by atoms with E-state index in [4.69, 9.17) is 13.8 Å². The van der Waals surface area contributed by atoms with Crippen LogP contribution in [0.3, 0.4) is 0 Å². The number of phosphoric acid groups is 1. The molecule has 0 fully saturated rings. The van der Waals surface area contributed by atoms with Crippen molar-refractivity contribution in [2.24, 2.45) is 0 Å². The molecular formula is C31H65N2O6P. The van der Waals surface area contributed by atoms with Gasteiger partial charge in [0.05, 0.1) is 40.9 Å². The molecule has 8 nitrogen and oxygen atoms in total. The van der Waals surface area contributed by atoms with Gasteiger partial charge < -0.3 is 28.1 Å². The number of carbonyl (C=O) groups is 1. The number of unbranched alkanes of at least 4 members (excludes halogenated alkanes) is 16. The van der Waals surface area contributed by atoms with Crippen molar-refractivity contribution < 1.29 is 32.5 Å². The molecule has 40 heavy (non-hydrogen) atoms. The molecular weight excluding hydrogens is 527 g/mol. The average molecular weight is 593 g/mol. The maximum atomic E-state index is 12.4. The molecule has 0 rings (SSSR count). The van der Waals surface area contributed by atoms with Crippen LogP contribution in [0.15, 0.2) is 0 Å². The van der Waals surface area contributed by atoms with E-state index in [0.29, 0.717) is 13.0 Å². The molecule has 0 spiro atoms. The SMILES string of the molecule is CCCCCCCCCCCCCCCCCCOCC(CN(C)C(C)=O)OP(=O)([O-])OCCCC[N+](C)(C)C. The molecule has 0 aromatic rings. The van der Waals surface area contributed by atoms with Crippen molar-refractivity contribution in [2.75, 3.05) is 61.1 Å². The van der Waals surface area contributed by atoms with E-state index in [1.807, 2.05) is 0 Å². The van der Waals surface area contributed by atoms with Crippen molar-refractivity contribution in [3.63, 3.8) is 0 Å². The van der Waals surface area contributed by atoms with Gasteiger partial charge in [0.15, 0.2) is 0 Å². The minimum absolute atomic E-state index is 0.0933. The van der Waals surface area contributed by atoms with E-state index < -0.39 is 13.9 Å². The van der Waals surface area contributed by atoms with Crippen LogP contribution in [0.5, 0.6) is 0 Å². The highest BCUT2D eigenvalue weighted by Gasteiger charge is 2.21. The van der Waals surface area contributed by atoms with E-state index >= 15 is 0 Å². The Labute approximate surface area is 247 Å². The molecule has 0 aliphatic carbocycles. The van der Waals surface area contributed by atoms with E-state index in [1.54, 1.807) is 7.05 Å². The van der Waals surface area contributed by atoms with Gasteiger partial charge in [0.1, 0.15) is 6.10 Å². The molecule has 0 saturated carbocycles. The summed E-state index contributed by atoms with van der Waals surface area (Å²) in [5.74, 6) is -0.159. The number of hydrogen-bond donors (Lipinski definition) is 0. The molecule has 0 saturated heterocycles. The molecule has 240 valence electrons. The van der Waals surface area contributed by atoms with Gasteiger partial charge in [-0.05, 0) is 19.3 Å². The lowest BCUT2D eigenvalue weighted by Gasteiger charge is -2.30. The number of rotatable bonds is 29. The summed E-state index contributed by atoms with van der Waals surface area (Å²) in [6, 6.07) is 0. The second-order valence-corrected chi connectivity index (χ2v) is 13.9. The quantitative estimate of drug-likeness (QED) is 0.0523. The van der Waals surface area contributed by atoms with Crippen LogP contribution in [0.25, 0.3) is 0 Å². The third-order valence-corrected chi connectivity index (χ3v) is 8.27. The van der Waals surface area contributed by atoms with E-state index in [-0.39, 0.29) is 25.7 Å². The highest BCUT2D eigenvalue weighted by molar-refractivity contribution is 7.45. The monoisotopic (exact) mass is 592 g/mol. The van der Waals surface area contributed by atoms with Gasteiger partial charge in [-0.2, -0.15) is 0 Å². The Morgan fingerprint density at radius 1 is 0.775 bits per heavy atom. The second kappa shape index (κ2) is 25.0. The molecule has 0 heterocycles. The first kappa shape index (κ1) is 39.5. The molecule has 2 unspecified atom stereocenters. The average Bonchev–Trinajstić information content (AvgIpc) is 2.86. The first-order valence-corrected chi connectivity index (χ1v) is 17.7. The van der Waals surface area contributed by atoms with Crippen LogP contribution in [-0.4, -0.2) is 82.5 Å². The lowest BCUT2D eigenvalue weighted by atomic mass is 10.0. The molecule has 0 aliphatic heterocycles. The third-order valence-electron chi connectivity index (χ3n) is 7.21. The van der Waals surface area contributed by atoms with Crippen molar-refractivity contribution >= 4 is 13.7 Å². The molecule has 0 aromatic carbocycles. The van der Waals surface area contributed by atoms with Gasteiger partial charge in [0.25, 0.3) is 7.82 Å². The Kier molecular flexibility index (Phi) is 24.7. The van der Waals surface area contributed by atoms with Crippen LogP contribution in [0, 0.1) is 0 Å². The molecule has 1 amide bonds. The van der Waals surface area contributed by atoms with E-state index in [0.717, 1.165) is 30.3 Å². The van der Waals surface area contributed by atoms with Gasteiger partial charge in [-0.3, -0.25) is 9.36 Å². The largest absolute Gasteiger partial charge is 0.756 e. The van der Waals surface area contributed by atoms with Crippen LogP contribution < -0.4 is 4.89 Å². The minimum Gasteiger partial charge on any atom is -0.756 e. The maximum absolute atomic E-state index is 12.4. The van der Waals surface area contributed by atoms with Crippen LogP contribution in [0.4, 0.5) is 0 Å². The Balaban J connectivity index is 3.95. The fourth-order valence-electron chi connectivity index (χ4n) is 4.60. The Hall–Kier alpha value is -0.500.